The van der Waals surface area contributed by atoms with Crippen LogP contribution in [0.5, 0.6) is 5.75 Å². The van der Waals surface area contributed by atoms with Gasteiger partial charge in [0, 0.05) is 11.4 Å². The van der Waals surface area contributed by atoms with Crippen LogP contribution in [0.2, 0.25) is 0 Å². The molecule has 12 heteroatoms. The SMILES string of the molecule is CC1c2c(sc3nc(C(=O)NCc4ccc5c(c4)NC(=O)CO5)[nH]c(=O)c23)CS1(=O)=O. The Morgan fingerprint density at radius 1 is 1.35 bits per heavy atom. The number of rotatable bonds is 3. The van der Waals surface area contributed by atoms with Crippen molar-refractivity contribution in [3.05, 3.63) is 50.4 Å². The summed E-state index contributed by atoms with van der Waals surface area (Å²) in [6.07, 6.45) is 0. The van der Waals surface area contributed by atoms with Gasteiger partial charge in [-0.1, -0.05) is 6.07 Å². The molecule has 1 unspecified atom stereocenters. The van der Waals surface area contributed by atoms with E-state index in [1.54, 1.807) is 25.1 Å². The van der Waals surface area contributed by atoms with E-state index in [4.69, 9.17) is 4.74 Å². The Kier molecular flexibility index (Phi) is 4.38. The lowest BCUT2D eigenvalue weighted by molar-refractivity contribution is -0.118. The molecule has 0 radical (unpaired) electrons. The first-order chi connectivity index (χ1) is 14.7. The molecule has 0 spiro atoms. The molecule has 1 atom stereocenters. The van der Waals surface area contributed by atoms with E-state index in [1.165, 1.54) is 0 Å². The number of nitrogens with zero attached hydrogens (tertiary/aromatic N) is 1. The van der Waals surface area contributed by atoms with Crippen LogP contribution in [0.15, 0.2) is 23.0 Å². The highest BCUT2D eigenvalue weighted by Gasteiger charge is 2.38. The van der Waals surface area contributed by atoms with Gasteiger partial charge in [0.05, 0.1) is 22.1 Å². The van der Waals surface area contributed by atoms with Crippen molar-refractivity contribution >= 4 is 48.9 Å². The van der Waals surface area contributed by atoms with Crippen molar-refractivity contribution < 1.29 is 22.7 Å². The van der Waals surface area contributed by atoms with E-state index in [0.717, 1.165) is 16.9 Å². The monoisotopic (exact) mass is 460 g/mol. The van der Waals surface area contributed by atoms with Crippen molar-refractivity contribution in [2.75, 3.05) is 11.9 Å². The Morgan fingerprint density at radius 2 is 2.16 bits per heavy atom. The molecule has 0 saturated carbocycles. The summed E-state index contributed by atoms with van der Waals surface area (Å²) in [5.41, 5.74) is 1.19. The van der Waals surface area contributed by atoms with E-state index in [2.05, 4.69) is 20.6 Å². The fourth-order valence-electron chi connectivity index (χ4n) is 3.71. The standard InChI is InChI=1S/C19H16N4O6S2/c1-8-14-12(7-31(8,27)28)30-19-15(14)17(25)22-16(23-19)18(26)20-5-9-2-3-11-10(4-9)21-13(24)6-29-11/h2-4,8H,5-7H2,1H3,(H,20,26)(H,21,24)(H,22,23,25). The van der Waals surface area contributed by atoms with Crippen LogP contribution in [0.4, 0.5) is 5.69 Å². The van der Waals surface area contributed by atoms with Crippen molar-refractivity contribution in [1.82, 2.24) is 15.3 Å². The number of sulfone groups is 1. The molecule has 31 heavy (non-hydrogen) atoms. The molecule has 0 aliphatic carbocycles. The Hall–Kier alpha value is -3.25. The van der Waals surface area contributed by atoms with Crippen LogP contribution in [0.1, 0.15) is 38.8 Å². The van der Waals surface area contributed by atoms with Crippen LogP contribution >= 0.6 is 11.3 Å². The number of nitrogens with one attached hydrogen (secondary N) is 3. The van der Waals surface area contributed by atoms with Gasteiger partial charge in [0.1, 0.15) is 10.6 Å². The predicted molar refractivity (Wildman–Crippen MR) is 113 cm³/mol. The zero-order chi connectivity index (χ0) is 21.9. The van der Waals surface area contributed by atoms with Gasteiger partial charge in [0.25, 0.3) is 17.4 Å². The van der Waals surface area contributed by atoms with E-state index in [0.29, 0.717) is 26.7 Å². The molecule has 4 heterocycles. The fourth-order valence-corrected chi connectivity index (χ4v) is 6.97. The minimum absolute atomic E-state index is 0.0402. The molecule has 2 aliphatic rings. The highest BCUT2D eigenvalue weighted by Crippen LogP contribution is 2.43. The number of benzene rings is 1. The van der Waals surface area contributed by atoms with Crippen LogP contribution in [-0.4, -0.2) is 36.8 Å². The van der Waals surface area contributed by atoms with E-state index < -0.39 is 26.6 Å². The van der Waals surface area contributed by atoms with Gasteiger partial charge in [-0.3, -0.25) is 14.4 Å². The van der Waals surface area contributed by atoms with Gasteiger partial charge in [-0.15, -0.1) is 11.3 Å². The summed E-state index contributed by atoms with van der Waals surface area (Å²) in [5, 5.41) is 4.84. The van der Waals surface area contributed by atoms with E-state index in [-0.39, 0.29) is 36.0 Å². The summed E-state index contributed by atoms with van der Waals surface area (Å²) in [6, 6.07) is 5.14. The lowest BCUT2D eigenvalue weighted by atomic mass is 10.1. The number of anilines is 1. The number of amides is 2. The van der Waals surface area contributed by atoms with E-state index in [1.807, 2.05) is 0 Å². The molecule has 2 amide bonds. The average molecular weight is 460 g/mol. The number of aromatic nitrogens is 2. The number of aromatic amines is 1. The number of H-pyrrole nitrogens is 1. The maximum atomic E-state index is 12.6. The minimum Gasteiger partial charge on any atom is -0.482 e. The van der Waals surface area contributed by atoms with Crippen molar-refractivity contribution in [3.63, 3.8) is 0 Å². The summed E-state index contributed by atoms with van der Waals surface area (Å²) < 4.78 is 29.5. The number of hydrogen-bond acceptors (Lipinski definition) is 8. The number of hydrogen-bond donors (Lipinski definition) is 3. The van der Waals surface area contributed by atoms with E-state index in [9.17, 15) is 22.8 Å². The molecule has 2 aromatic heterocycles. The summed E-state index contributed by atoms with van der Waals surface area (Å²) in [5.74, 6) is -0.556. The van der Waals surface area contributed by atoms with Gasteiger partial charge in [-0.2, -0.15) is 0 Å². The Balaban J connectivity index is 1.38. The zero-order valence-electron chi connectivity index (χ0n) is 16.1. The second-order valence-corrected chi connectivity index (χ2v) is 10.7. The Labute approximate surface area is 179 Å². The predicted octanol–water partition coefficient (Wildman–Crippen LogP) is 1.23. The van der Waals surface area contributed by atoms with Gasteiger partial charge in [-0.05, 0) is 30.2 Å². The smallest absolute Gasteiger partial charge is 0.287 e. The highest BCUT2D eigenvalue weighted by molar-refractivity contribution is 7.91. The minimum atomic E-state index is -3.31. The number of ether oxygens (including phenoxy) is 1. The fraction of sp³-hybridized carbons (Fsp3) is 0.263. The lowest BCUT2D eigenvalue weighted by Gasteiger charge is -2.18. The van der Waals surface area contributed by atoms with Crippen LogP contribution in [-0.2, 0) is 26.9 Å². The van der Waals surface area contributed by atoms with Crippen molar-refractivity contribution in [2.24, 2.45) is 0 Å². The summed E-state index contributed by atoms with van der Waals surface area (Å²) in [4.78, 5) is 44.3. The maximum absolute atomic E-state index is 12.6. The van der Waals surface area contributed by atoms with Crippen LogP contribution < -0.4 is 20.9 Å². The number of carbonyl (C=O) groups excluding carboxylic acids is 2. The third kappa shape index (κ3) is 3.27. The summed E-state index contributed by atoms with van der Waals surface area (Å²) in [7, 11) is -3.31. The molecule has 0 bridgehead atoms. The molecule has 10 nitrogen and oxygen atoms in total. The third-order valence-electron chi connectivity index (χ3n) is 5.30. The maximum Gasteiger partial charge on any atom is 0.287 e. The third-order valence-corrected chi connectivity index (χ3v) is 8.58. The van der Waals surface area contributed by atoms with Crippen molar-refractivity contribution in [2.45, 2.75) is 24.5 Å². The Morgan fingerprint density at radius 3 is 2.97 bits per heavy atom. The largest absolute Gasteiger partial charge is 0.482 e. The second-order valence-electron chi connectivity index (χ2n) is 7.33. The molecule has 5 rings (SSSR count). The number of carbonyl (C=O) groups is 2. The second kappa shape index (κ2) is 6.89. The lowest BCUT2D eigenvalue weighted by Crippen LogP contribution is -2.28. The van der Waals surface area contributed by atoms with Crippen molar-refractivity contribution in [1.29, 1.82) is 0 Å². The topological polar surface area (TPSA) is 147 Å². The number of fused-ring (bicyclic) bond motifs is 4. The van der Waals surface area contributed by atoms with E-state index >= 15 is 0 Å². The molecule has 0 fully saturated rings. The van der Waals surface area contributed by atoms with Gasteiger partial charge in [-0.25, -0.2) is 13.4 Å². The van der Waals surface area contributed by atoms with Crippen LogP contribution in [0.25, 0.3) is 10.2 Å². The van der Waals surface area contributed by atoms with Gasteiger partial charge < -0.3 is 20.4 Å². The number of thiophene rings is 1. The Bertz CT molecular complexity index is 1440. The van der Waals surface area contributed by atoms with Gasteiger partial charge in [0.15, 0.2) is 16.4 Å². The van der Waals surface area contributed by atoms with Gasteiger partial charge >= 0.3 is 0 Å². The molecule has 1 aromatic carbocycles. The molecular weight excluding hydrogens is 444 g/mol. The zero-order valence-corrected chi connectivity index (χ0v) is 17.8. The summed E-state index contributed by atoms with van der Waals surface area (Å²) in [6.45, 7) is 1.65. The molecule has 3 aromatic rings. The molecule has 0 saturated heterocycles. The quantitative estimate of drug-likeness (QED) is 0.533. The molecule has 160 valence electrons. The van der Waals surface area contributed by atoms with Gasteiger partial charge in [0.2, 0.25) is 5.82 Å². The summed E-state index contributed by atoms with van der Waals surface area (Å²) >= 11 is 1.12. The van der Waals surface area contributed by atoms with Crippen molar-refractivity contribution in [3.8, 4) is 5.75 Å². The first-order valence-electron chi connectivity index (χ1n) is 9.34. The highest BCUT2D eigenvalue weighted by atomic mass is 32.2. The normalized spacial score (nSPS) is 18.7. The molecule has 2 aliphatic heterocycles. The molecule has 3 N–H and O–H groups in total. The van der Waals surface area contributed by atoms with Crippen LogP contribution in [0, 0.1) is 0 Å². The average Bonchev–Trinajstić information content (AvgIpc) is 3.18. The van der Waals surface area contributed by atoms with Crippen LogP contribution in [0.3, 0.4) is 0 Å². The first-order valence-corrected chi connectivity index (χ1v) is 11.9. The molecular formula is C19H16N4O6S2. The first kappa shape index (κ1) is 19.7.